The van der Waals surface area contributed by atoms with Gasteiger partial charge < -0.3 is 14.0 Å². The van der Waals surface area contributed by atoms with E-state index < -0.39 is 24.6 Å². The summed E-state index contributed by atoms with van der Waals surface area (Å²) in [5, 5.41) is 6.40. The van der Waals surface area contributed by atoms with Crippen molar-refractivity contribution in [3.8, 4) is 0 Å². The first-order valence-corrected chi connectivity index (χ1v) is 6.55. The van der Waals surface area contributed by atoms with Gasteiger partial charge >= 0.3 is 12.1 Å². The van der Waals surface area contributed by atoms with Crippen LogP contribution in [-0.2, 0) is 25.5 Å². The molecular weight excluding hydrogens is 292 g/mol. The average Bonchev–Trinajstić information content (AvgIpc) is 2.89. The summed E-state index contributed by atoms with van der Waals surface area (Å²) in [6.45, 7) is 1.16. The SMILES string of the molecule is CCOC(=O)NC(=O)COC(=O)Cc1noc2ccccc12. The summed E-state index contributed by atoms with van der Waals surface area (Å²) in [7, 11) is 0. The molecule has 2 rings (SSSR count). The summed E-state index contributed by atoms with van der Waals surface area (Å²) in [6.07, 6.45) is -1.02. The van der Waals surface area contributed by atoms with Gasteiger partial charge in [-0.15, -0.1) is 0 Å². The molecule has 116 valence electrons. The third-order valence-corrected chi connectivity index (χ3v) is 2.65. The van der Waals surface area contributed by atoms with Gasteiger partial charge in [0.15, 0.2) is 12.2 Å². The third kappa shape index (κ3) is 4.05. The molecule has 0 aliphatic carbocycles. The molecule has 1 aromatic heterocycles. The summed E-state index contributed by atoms with van der Waals surface area (Å²) in [5.41, 5.74) is 0.983. The van der Waals surface area contributed by atoms with Gasteiger partial charge in [-0.2, -0.15) is 0 Å². The van der Waals surface area contributed by atoms with Crippen LogP contribution in [0.15, 0.2) is 28.8 Å². The highest BCUT2D eigenvalue weighted by Gasteiger charge is 2.15. The number of carbonyl (C=O) groups excluding carboxylic acids is 3. The second-order valence-corrected chi connectivity index (χ2v) is 4.23. The Balaban J connectivity index is 1.83. The van der Waals surface area contributed by atoms with Crippen LogP contribution in [0, 0.1) is 0 Å². The van der Waals surface area contributed by atoms with E-state index in [-0.39, 0.29) is 13.0 Å². The molecule has 0 fully saturated rings. The molecule has 1 aromatic carbocycles. The predicted octanol–water partition coefficient (Wildman–Crippen LogP) is 1.19. The molecule has 8 nitrogen and oxygen atoms in total. The summed E-state index contributed by atoms with van der Waals surface area (Å²) >= 11 is 0. The Morgan fingerprint density at radius 3 is 2.77 bits per heavy atom. The van der Waals surface area contributed by atoms with Gasteiger partial charge in [0.1, 0.15) is 5.69 Å². The molecule has 0 saturated carbocycles. The highest BCUT2D eigenvalue weighted by Crippen LogP contribution is 2.18. The van der Waals surface area contributed by atoms with E-state index in [1.54, 1.807) is 31.2 Å². The van der Waals surface area contributed by atoms with Crippen molar-refractivity contribution in [3.63, 3.8) is 0 Å². The van der Waals surface area contributed by atoms with Crippen molar-refractivity contribution in [2.75, 3.05) is 13.2 Å². The van der Waals surface area contributed by atoms with Crippen molar-refractivity contribution in [2.45, 2.75) is 13.3 Å². The molecule has 1 heterocycles. The van der Waals surface area contributed by atoms with Crippen molar-refractivity contribution in [2.24, 2.45) is 0 Å². The number of amides is 2. The first-order valence-electron chi connectivity index (χ1n) is 6.55. The summed E-state index contributed by atoms with van der Waals surface area (Å²) in [4.78, 5) is 34.0. The average molecular weight is 306 g/mol. The fourth-order valence-electron chi connectivity index (χ4n) is 1.72. The quantitative estimate of drug-likeness (QED) is 0.826. The number of aromatic nitrogens is 1. The number of hydrogen-bond donors (Lipinski definition) is 1. The van der Waals surface area contributed by atoms with Gasteiger partial charge in [-0.25, -0.2) is 4.79 Å². The molecule has 0 spiro atoms. The lowest BCUT2D eigenvalue weighted by atomic mass is 10.2. The second kappa shape index (κ2) is 7.21. The van der Waals surface area contributed by atoms with Gasteiger partial charge in [0.05, 0.1) is 13.0 Å². The molecule has 0 atom stereocenters. The van der Waals surface area contributed by atoms with Crippen LogP contribution in [0.25, 0.3) is 11.0 Å². The monoisotopic (exact) mass is 306 g/mol. The number of nitrogens with one attached hydrogen (secondary N) is 1. The molecule has 2 aromatic rings. The lowest BCUT2D eigenvalue weighted by molar-refractivity contribution is -0.147. The maximum Gasteiger partial charge on any atom is 0.413 e. The van der Waals surface area contributed by atoms with Crippen molar-refractivity contribution >= 4 is 28.9 Å². The van der Waals surface area contributed by atoms with Crippen LogP contribution in [0.1, 0.15) is 12.6 Å². The first kappa shape index (κ1) is 15.5. The van der Waals surface area contributed by atoms with Crippen LogP contribution in [0.5, 0.6) is 0 Å². The van der Waals surface area contributed by atoms with Crippen LogP contribution in [-0.4, -0.2) is 36.3 Å². The normalized spacial score (nSPS) is 10.2. The Bertz CT molecular complexity index is 693. The minimum Gasteiger partial charge on any atom is -0.455 e. The van der Waals surface area contributed by atoms with E-state index in [9.17, 15) is 14.4 Å². The zero-order valence-electron chi connectivity index (χ0n) is 11.8. The second-order valence-electron chi connectivity index (χ2n) is 4.23. The Kier molecular flexibility index (Phi) is 5.07. The summed E-state index contributed by atoms with van der Waals surface area (Å²) in [6, 6.07) is 7.07. The number of fused-ring (bicyclic) bond motifs is 1. The van der Waals surface area contributed by atoms with Gasteiger partial charge in [-0.05, 0) is 19.1 Å². The van der Waals surface area contributed by atoms with Crippen molar-refractivity contribution < 1.29 is 28.4 Å². The number of hydrogen-bond acceptors (Lipinski definition) is 7. The Labute approximate surface area is 125 Å². The van der Waals surface area contributed by atoms with Crippen LogP contribution in [0.2, 0.25) is 0 Å². The number of rotatable bonds is 5. The summed E-state index contributed by atoms with van der Waals surface area (Å²) < 4.78 is 14.3. The maximum absolute atomic E-state index is 11.7. The molecule has 0 unspecified atom stereocenters. The molecular formula is C14H14N2O6. The summed E-state index contributed by atoms with van der Waals surface area (Å²) in [5.74, 6) is -1.42. The van der Waals surface area contributed by atoms with Gasteiger partial charge in [0.2, 0.25) is 0 Å². The van der Waals surface area contributed by atoms with E-state index in [1.807, 2.05) is 5.32 Å². The van der Waals surface area contributed by atoms with Crippen LogP contribution >= 0.6 is 0 Å². The fraction of sp³-hybridized carbons (Fsp3) is 0.286. The Morgan fingerprint density at radius 2 is 2.00 bits per heavy atom. The molecule has 1 N–H and O–H groups in total. The number of para-hydroxylation sites is 1. The van der Waals surface area contributed by atoms with Crippen LogP contribution in [0.4, 0.5) is 4.79 Å². The van der Waals surface area contributed by atoms with E-state index >= 15 is 0 Å². The maximum atomic E-state index is 11.7. The highest BCUT2D eigenvalue weighted by atomic mass is 16.6. The smallest absolute Gasteiger partial charge is 0.413 e. The molecule has 2 amide bonds. The standard InChI is InChI=1S/C14H14N2O6/c1-2-20-14(19)15-12(17)8-21-13(18)7-10-9-5-3-4-6-11(9)22-16-10/h3-6H,2,7-8H2,1H3,(H,15,17,19). The van der Waals surface area contributed by atoms with E-state index in [2.05, 4.69) is 9.89 Å². The number of alkyl carbamates (subject to hydrolysis) is 1. The molecule has 0 aliphatic rings. The number of ether oxygens (including phenoxy) is 2. The lowest BCUT2D eigenvalue weighted by Crippen LogP contribution is -2.34. The number of nitrogens with zero attached hydrogens (tertiary/aromatic N) is 1. The lowest BCUT2D eigenvalue weighted by Gasteiger charge is -2.05. The van der Waals surface area contributed by atoms with Gasteiger partial charge in [-0.1, -0.05) is 17.3 Å². The minimum absolute atomic E-state index is 0.135. The van der Waals surface area contributed by atoms with Crippen molar-refractivity contribution in [1.29, 1.82) is 0 Å². The fourth-order valence-corrected chi connectivity index (χ4v) is 1.72. The van der Waals surface area contributed by atoms with E-state index in [0.29, 0.717) is 16.7 Å². The van der Waals surface area contributed by atoms with Gasteiger partial charge in [-0.3, -0.25) is 14.9 Å². The topological polar surface area (TPSA) is 108 Å². The molecule has 0 saturated heterocycles. The molecule has 8 heteroatoms. The van der Waals surface area contributed by atoms with E-state index in [4.69, 9.17) is 9.26 Å². The van der Waals surface area contributed by atoms with Crippen molar-refractivity contribution in [3.05, 3.63) is 30.0 Å². The van der Waals surface area contributed by atoms with Gasteiger partial charge in [0, 0.05) is 5.39 Å². The molecule has 0 radical (unpaired) electrons. The number of carbonyl (C=O) groups is 3. The van der Waals surface area contributed by atoms with Gasteiger partial charge in [0.25, 0.3) is 5.91 Å². The number of esters is 1. The van der Waals surface area contributed by atoms with Crippen LogP contribution < -0.4 is 5.32 Å². The molecule has 22 heavy (non-hydrogen) atoms. The number of imide groups is 1. The largest absolute Gasteiger partial charge is 0.455 e. The van der Waals surface area contributed by atoms with E-state index in [0.717, 1.165) is 0 Å². The zero-order chi connectivity index (χ0) is 15.9. The minimum atomic E-state index is -0.883. The predicted molar refractivity (Wildman–Crippen MR) is 73.8 cm³/mol. The molecule has 0 aliphatic heterocycles. The number of benzene rings is 1. The first-order chi connectivity index (χ1) is 10.6. The third-order valence-electron chi connectivity index (χ3n) is 2.65. The molecule has 0 bridgehead atoms. The Morgan fingerprint density at radius 1 is 1.23 bits per heavy atom. The van der Waals surface area contributed by atoms with Crippen LogP contribution in [0.3, 0.4) is 0 Å². The highest BCUT2D eigenvalue weighted by molar-refractivity contribution is 5.93. The Hall–Kier alpha value is -2.90. The van der Waals surface area contributed by atoms with E-state index in [1.165, 1.54) is 0 Å². The zero-order valence-corrected chi connectivity index (χ0v) is 11.8. The van der Waals surface area contributed by atoms with Crippen molar-refractivity contribution in [1.82, 2.24) is 10.5 Å².